The van der Waals surface area contributed by atoms with Crippen molar-refractivity contribution in [1.29, 1.82) is 0 Å². The van der Waals surface area contributed by atoms with Crippen LogP contribution in [0.1, 0.15) is 67.5 Å². The van der Waals surface area contributed by atoms with Crippen LogP contribution < -0.4 is 9.80 Å². The molecule has 0 saturated heterocycles. The van der Waals surface area contributed by atoms with Crippen LogP contribution in [0.5, 0.6) is 0 Å². The molecule has 0 unspecified atom stereocenters. The van der Waals surface area contributed by atoms with E-state index in [1.54, 1.807) is 0 Å². The molecule has 0 spiro atoms. The van der Waals surface area contributed by atoms with E-state index in [0.717, 1.165) is 40.6 Å². The first-order chi connectivity index (χ1) is 31.9. The van der Waals surface area contributed by atoms with Crippen molar-refractivity contribution >= 4 is 101 Å². The molecule has 8 aromatic carbocycles. The zero-order valence-electron chi connectivity index (χ0n) is 37.3. The fourth-order valence-electron chi connectivity index (χ4n) is 10.7. The molecule has 0 bridgehead atoms. The summed E-state index contributed by atoms with van der Waals surface area (Å²) in [6.07, 6.45) is 5.34. The minimum Gasteiger partial charge on any atom is -0.312 e. The number of rotatable bonds is 10. The van der Waals surface area contributed by atoms with E-state index in [1.807, 2.05) is 0 Å². The van der Waals surface area contributed by atoms with E-state index >= 15 is 0 Å². The molecule has 3 aromatic heterocycles. The summed E-state index contributed by atoms with van der Waals surface area (Å²) in [7, 11) is 0. The van der Waals surface area contributed by atoms with E-state index in [0.29, 0.717) is 11.8 Å². The van der Waals surface area contributed by atoms with Gasteiger partial charge < -0.3 is 18.8 Å². The quantitative estimate of drug-likeness (QED) is 0.136. The number of nitrogens with zero attached hydrogens (tertiary/aromatic N) is 4. The number of benzene rings is 8. The van der Waals surface area contributed by atoms with Crippen LogP contribution in [0.25, 0.3) is 66.8 Å². The molecule has 12 rings (SSSR count). The summed E-state index contributed by atoms with van der Waals surface area (Å²) in [6, 6.07) is 67.0. The Bertz CT molecular complexity index is 3620. The predicted octanol–water partition coefficient (Wildman–Crippen LogP) is 17.2. The molecule has 0 fully saturated rings. The maximum Gasteiger partial charge on any atom is 0.0641 e. The van der Waals surface area contributed by atoms with Crippen LogP contribution in [0.15, 0.2) is 189 Å². The van der Waals surface area contributed by atoms with Gasteiger partial charge in [0.2, 0.25) is 0 Å². The Morgan fingerprint density at radius 3 is 1.51 bits per heavy atom. The number of allylic oxidation sites excluding steroid dienone is 1. The van der Waals surface area contributed by atoms with Gasteiger partial charge in [-0.25, -0.2) is 0 Å². The first kappa shape index (κ1) is 38.8. The highest BCUT2D eigenvalue weighted by Gasteiger charge is 2.30. The summed E-state index contributed by atoms with van der Waals surface area (Å²) >= 11 is 0. The van der Waals surface area contributed by atoms with E-state index in [4.69, 9.17) is 0 Å². The van der Waals surface area contributed by atoms with Crippen LogP contribution in [0, 0.1) is 0 Å². The largest absolute Gasteiger partial charge is 0.312 e. The van der Waals surface area contributed by atoms with Crippen LogP contribution in [0.3, 0.4) is 0 Å². The molecule has 1 aliphatic heterocycles. The minimum absolute atomic E-state index is 0.454. The SMILES string of the molecule is C=Cc1c(/C=C2\Cc3ccc(N(c4ccccc4)c4ccc(C(C)C)cc4)c4c5ccccc5n2c34)c2ccc(N(c3ccccc3)c3ccc(C(C)C)cc3)c3c4ccccc4n1c23. The Balaban J connectivity index is 1.08. The van der Waals surface area contributed by atoms with Crippen molar-refractivity contribution in [3.63, 3.8) is 0 Å². The lowest BCUT2D eigenvalue weighted by Crippen LogP contribution is -2.10. The van der Waals surface area contributed by atoms with Crippen molar-refractivity contribution in [2.45, 2.75) is 46.0 Å². The Hall–Kier alpha value is -7.82. The minimum atomic E-state index is 0.454. The summed E-state index contributed by atoms with van der Waals surface area (Å²) in [6.45, 7) is 13.5. The first-order valence-corrected chi connectivity index (χ1v) is 23.0. The summed E-state index contributed by atoms with van der Waals surface area (Å²) in [5.74, 6) is 0.914. The van der Waals surface area contributed by atoms with E-state index < -0.39 is 0 Å². The predicted molar refractivity (Wildman–Crippen MR) is 279 cm³/mol. The molecule has 0 aliphatic carbocycles. The van der Waals surface area contributed by atoms with Crippen LogP contribution in [-0.2, 0) is 6.42 Å². The highest BCUT2D eigenvalue weighted by atomic mass is 15.2. The third kappa shape index (κ3) is 5.97. The van der Waals surface area contributed by atoms with Crippen LogP contribution in [-0.4, -0.2) is 8.97 Å². The molecule has 4 heterocycles. The van der Waals surface area contributed by atoms with Crippen molar-refractivity contribution in [3.05, 3.63) is 217 Å². The van der Waals surface area contributed by atoms with E-state index in [-0.39, 0.29) is 0 Å². The molecule has 0 N–H and O–H groups in total. The number of fused-ring (bicyclic) bond motifs is 6. The van der Waals surface area contributed by atoms with Crippen molar-refractivity contribution in [3.8, 4) is 0 Å². The maximum absolute atomic E-state index is 4.49. The standard InChI is InChI=1S/C61H50N4/c1-6-53-52(49-34-36-57(59-51-22-14-16-24-55(51)65(53)61(49)59)63(45-19-11-8-12-20-45)47-32-27-42(28-33-47)40(4)5)38-48-37-43-29-35-56(58-50-21-13-15-23-54(50)64(48)60(43)58)62(44-17-9-7-10-18-44)46-30-25-41(26-31-46)39(2)3/h6-36,38-40H,1,37H2,2-5H3/b48-38+. The molecule has 11 aromatic rings. The van der Waals surface area contributed by atoms with Gasteiger partial charge in [0.15, 0.2) is 0 Å². The van der Waals surface area contributed by atoms with E-state index in [9.17, 15) is 0 Å². The molecular weight excluding hydrogens is 789 g/mol. The fraction of sp³-hybridized carbons (Fsp3) is 0.115. The van der Waals surface area contributed by atoms with Crippen molar-refractivity contribution < 1.29 is 0 Å². The second-order valence-electron chi connectivity index (χ2n) is 18.2. The highest BCUT2D eigenvalue weighted by molar-refractivity contribution is 6.24. The van der Waals surface area contributed by atoms with Crippen molar-refractivity contribution in [1.82, 2.24) is 8.97 Å². The van der Waals surface area contributed by atoms with Gasteiger partial charge in [0.25, 0.3) is 0 Å². The van der Waals surface area contributed by atoms with Gasteiger partial charge in [-0.3, -0.25) is 0 Å². The average molecular weight is 839 g/mol. The Labute approximate surface area is 380 Å². The number of para-hydroxylation sites is 4. The summed E-state index contributed by atoms with van der Waals surface area (Å²) in [4.78, 5) is 4.86. The van der Waals surface area contributed by atoms with Crippen molar-refractivity contribution in [2.24, 2.45) is 0 Å². The number of hydrogen-bond donors (Lipinski definition) is 0. The summed E-state index contributed by atoms with van der Waals surface area (Å²) in [5.41, 5.74) is 19.3. The Morgan fingerprint density at radius 1 is 0.477 bits per heavy atom. The highest BCUT2D eigenvalue weighted by Crippen LogP contribution is 2.51. The molecule has 0 amide bonds. The number of aromatic nitrogens is 2. The Kier molecular flexibility index (Phi) is 9.06. The van der Waals surface area contributed by atoms with Gasteiger partial charge in [-0.1, -0.05) is 143 Å². The molecule has 4 heteroatoms. The monoisotopic (exact) mass is 838 g/mol. The molecule has 0 saturated carbocycles. The first-order valence-electron chi connectivity index (χ1n) is 23.0. The van der Waals surface area contributed by atoms with Crippen LogP contribution in [0.4, 0.5) is 34.1 Å². The lowest BCUT2D eigenvalue weighted by Gasteiger charge is -2.27. The third-order valence-corrected chi connectivity index (χ3v) is 13.8. The lowest BCUT2D eigenvalue weighted by molar-refractivity contribution is 0.866. The van der Waals surface area contributed by atoms with Gasteiger partial charge in [0.1, 0.15) is 0 Å². The average Bonchev–Trinajstić information content (AvgIpc) is 4.08. The number of hydrogen-bond acceptors (Lipinski definition) is 2. The molecule has 0 atom stereocenters. The summed E-state index contributed by atoms with van der Waals surface area (Å²) < 4.78 is 5.00. The number of anilines is 6. The topological polar surface area (TPSA) is 15.8 Å². The van der Waals surface area contributed by atoms with Gasteiger partial charge in [0.05, 0.1) is 39.1 Å². The van der Waals surface area contributed by atoms with E-state index in [1.165, 1.54) is 82.6 Å². The fourth-order valence-corrected chi connectivity index (χ4v) is 10.7. The molecule has 0 radical (unpaired) electrons. The zero-order valence-corrected chi connectivity index (χ0v) is 37.3. The van der Waals surface area contributed by atoms with Gasteiger partial charge in [0, 0.05) is 67.4 Å². The second-order valence-corrected chi connectivity index (χ2v) is 18.2. The second kappa shape index (κ2) is 15.2. The molecule has 4 nitrogen and oxygen atoms in total. The Morgan fingerprint density at radius 2 is 0.954 bits per heavy atom. The lowest BCUT2D eigenvalue weighted by atomic mass is 10.00. The zero-order chi connectivity index (χ0) is 43.9. The van der Waals surface area contributed by atoms with Gasteiger partial charge in [-0.05, 0) is 113 Å². The van der Waals surface area contributed by atoms with Crippen LogP contribution in [0.2, 0.25) is 0 Å². The smallest absolute Gasteiger partial charge is 0.0641 e. The molecule has 314 valence electrons. The van der Waals surface area contributed by atoms with Gasteiger partial charge in [-0.2, -0.15) is 0 Å². The van der Waals surface area contributed by atoms with E-state index in [2.05, 4.69) is 247 Å². The third-order valence-electron chi connectivity index (χ3n) is 13.8. The van der Waals surface area contributed by atoms with Crippen molar-refractivity contribution in [2.75, 3.05) is 9.80 Å². The normalized spacial score (nSPS) is 13.2. The maximum atomic E-state index is 4.49. The molecular formula is C61H50N4. The molecule has 1 aliphatic rings. The van der Waals surface area contributed by atoms with Gasteiger partial charge in [-0.15, -0.1) is 0 Å². The summed E-state index contributed by atoms with van der Waals surface area (Å²) in [5, 5.41) is 6.20. The van der Waals surface area contributed by atoms with Crippen LogP contribution >= 0.6 is 0 Å². The molecule has 65 heavy (non-hydrogen) atoms. The van der Waals surface area contributed by atoms with Gasteiger partial charge >= 0.3 is 0 Å².